The van der Waals surface area contributed by atoms with Gasteiger partial charge in [-0.15, -0.1) is 0 Å². The van der Waals surface area contributed by atoms with E-state index in [1.165, 1.54) is 18.5 Å². The molecule has 3 heterocycles. The second-order valence-corrected chi connectivity index (χ2v) is 8.94. The van der Waals surface area contributed by atoms with Gasteiger partial charge in [0, 0.05) is 56.3 Å². The Kier molecular flexibility index (Phi) is 4.77. The van der Waals surface area contributed by atoms with E-state index in [2.05, 4.69) is 21.2 Å². The Balaban J connectivity index is 1.18. The summed E-state index contributed by atoms with van der Waals surface area (Å²) in [5, 5.41) is 7.64. The maximum atomic E-state index is 13.2. The van der Waals surface area contributed by atoms with Crippen molar-refractivity contribution < 1.29 is 9.59 Å². The molecule has 1 aromatic rings. The zero-order valence-corrected chi connectivity index (χ0v) is 16.6. The minimum Gasteiger partial charge on any atom is -0.352 e. The Morgan fingerprint density at radius 1 is 0.893 bits per heavy atom. The molecule has 0 bridgehead atoms. The first-order valence-electron chi connectivity index (χ1n) is 11.1. The van der Waals surface area contributed by atoms with Crippen molar-refractivity contribution in [2.24, 2.45) is 5.92 Å². The van der Waals surface area contributed by atoms with Gasteiger partial charge < -0.3 is 14.7 Å². The number of piperazine rings is 1. The van der Waals surface area contributed by atoms with Crippen LogP contribution in [0.25, 0.3) is 0 Å². The Morgan fingerprint density at radius 3 is 2.36 bits per heavy atom. The van der Waals surface area contributed by atoms with Crippen LogP contribution in [-0.4, -0.2) is 70.6 Å². The lowest BCUT2D eigenvalue weighted by molar-refractivity contribution is -0.146. The molecular weight excluding hydrogens is 354 g/mol. The third-order valence-corrected chi connectivity index (χ3v) is 7.04. The van der Waals surface area contributed by atoms with Crippen LogP contribution in [0.3, 0.4) is 0 Å². The van der Waals surface area contributed by atoms with Gasteiger partial charge in [-0.1, -0.05) is 12.8 Å². The van der Waals surface area contributed by atoms with Gasteiger partial charge >= 0.3 is 0 Å². The van der Waals surface area contributed by atoms with Gasteiger partial charge in [-0.2, -0.15) is 5.10 Å². The van der Waals surface area contributed by atoms with Gasteiger partial charge in [0.25, 0.3) is 0 Å². The number of carbonyl (C=O) groups excluding carboxylic acids is 2. The summed E-state index contributed by atoms with van der Waals surface area (Å²) in [6, 6.07) is 1.94. The smallest absolute Gasteiger partial charge is 0.245 e. The number of aromatic amines is 1. The van der Waals surface area contributed by atoms with Gasteiger partial charge in [-0.3, -0.25) is 14.7 Å². The minimum absolute atomic E-state index is 0.157. The largest absolute Gasteiger partial charge is 0.352 e. The summed E-state index contributed by atoms with van der Waals surface area (Å²) in [5.41, 5.74) is 1.25. The van der Waals surface area contributed by atoms with Crippen LogP contribution in [-0.2, 0) is 9.59 Å². The molecule has 28 heavy (non-hydrogen) atoms. The molecule has 0 spiro atoms. The van der Waals surface area contributed by atoms with E-state index in [0.717, 1.165) is 64.0 Å². The van der Waals surface area contributed by atoms with Crippen molar-refractivity contribution in [1.29, 1.82) is 0 Å². The van der Waals surface area contributed by atoms with Crippen molar-refractivity contribution in [1.82, 2.24) is 20.0 Å². The Labute approximate surface area is 166 Å². The third-order valence-electron chi connectivity index (χ3n) is 7.04. The monoisotopic (exact) mass is 385 g/mol. The lowest BCUT2D eigenvalue weighted by atomic mass is 10.1. The summed E-state index contributed by atoms with van der Waals surface area (Å²) in [4.78, 5) is 32.2. The quantitative estimate of drug-likeness (QED) is 0.862. The summed E-state index contributed by atoms with van der Waals surface area (Å²) in [6.07, 6.45) is 8.61. The van der Waals surface area contributed by atoms with Crippen molar-refractivity contribution in [2.45, 2.75) is 63.3 Å². The number of anilines is 1. The minimum atomic E-state index is -0.230. The Morgan fingerprint density at radius 2 is 1.64 bits per heavy atom. The number of carbonyl (C=O) groups is 2. The van der Waals surface area contributed by atoms with E-state index in [9.17, 15) is 9.59 Å². The zero-order chi connectivity index (χ0) is 19.1. The van der Waals surface area contributed by atoms with Crippen molar-refractivity contribution >= 4 is 17.6 Å². The first-order valence-corrected chi connectivity index (χ1v) is 11.1. The highest BCUT2D eigenvalue weighted by Crippen LogP contribution is 2.40. The van der Waals surface area contributed by atoms with E-state index in [4.69, 9.17) is 0 Å². The maximum absolute atomic E-state index is 13.2. The molecule has 0 radical (unpaired) electrons. The van der Waals surface area contributed by atoms with Crippen LogP contribution in [0.4, 0.5) is 5.82 Å². The first kappa shape index (κ1) is 18.0. The van der Waals surface area contributed by atoms with Crippen LogP contribution in [0.5, 0.6) is 0 Å². The number of amides is 2. The second kappa shape index (κ2) is 7.41. The summed E-state index contributed by atoms with van der Waals surface area (Å²) in [6.45, 7) is 3.80. The fraction of sp³-hybridized carbons (Fsp3) is 0.762. The number of H-pyrrole nitrogens is 1. The van der Waals surface area contributed by atoms with Crippen LogP contribution in [0.15, 0.2) is 6.07 Å². The number of nitrogens with one attached hydrogen (secondary N) is 1. The number of aromatic nitrogens is 2. The van der Waals surface area contributed by atoms with E-state index < -0.39 is 0 Å². The highest BCUT2D eigenvalue weighted by molar-refractivity contribution is 5.89. The van der Waals surface area contributed by atoms with Gasteiger partial charge in [0.2, 0.25) is 11.8 Å². The molecule has 1 aromatic heterocycles. The van der Waals surface area contributed by atoms with Crippen molar-refractivity contribution in [2.75, 3.05) is 37.6 Å². The van der Waals surface area contributed by atoms with Crippen molar-refractivity contribution in [3.8, 4) is 0 Å². The summed E-state index contributed by atoms with van der Waals surface area (Å²) < 4.78 is 0. The molecular formula is C21H31N5O2. The van der Waals surface area contributed by atoms with Gasteiger partial charge in [0.1, 0.15) is 6.04 Å². The van der Waals surface area contributed by atoms with E-state index in [1.54, 1.807) is 0 Å². The predicted octanol–water partition coefficient (Wildman–Crippen LogP) is 2.12. The normalized spacial score (nSPS) is 26.3. The first-order chi connectivity index (χ1) is 13.7. The predicted molar refractivity (Wildman–Crippen MR) is 106 cm³/mol. The molecule has 7 heteroatoms. The molecule has 4 aliphatic rings. The standard InChI is InChI=1S/C21H31N5O2/c27-20(16-4-1-2-5-16)26-9-3-6-18(26)21(28)25-12-10-24(11-13-25)19-14-17(22-23-19)15-7-8-15/h14-16,18H,1-13H2,(H,22,23). The highest BCUT2D eigenvalue weighted by atomic mass is 16.2. The Hall–Kier alpha value is -2.05. The van der Waals surface area contributed by atoms with Crippen LogP contribution in [0.1, 0.15) is 63.0 Å². The second-order valence-electron chi connectivity index (χ2n) is 8.94. The number of nitrogens with zero attached hydrogens (tertiary/aromatic N) is 4. The topological polar surface area (TPSA) is 72.5 Å². The average molecular weight is 386 g/mol. The number of rotatable bonds is 4. The number of hydrogen-bond donors (Lipinski definition) is 1. The molecule has 2 aliphatic carbocycles. The molecule has 1 N–H and O–H groups in total. The summed E-state index contributed by atoms with van der Waals surface area (Å²) in [7, 11) is 0. The molecule has 0 aromatic carbocycles. The zero-order valence-electron chi connectivity index (χ0n) is 16.6. The molecule has 7 nitrogen and oxygen atoms in total. The molecule has 152 valence electrons. The van der Waals surface area contributed by atoms with Crippen LogP contribution < -0.4 is 4.90 Å². The third kappa shape index (κ3) is 3.40. The van der Waals surface area contributed by atoms with Crippen molar-refractivity contribution in [3.05, 3.63) is 11.8 Å². The van der Waals surface area contributed by atoms with Gasteiger partial charge in [-0.25, -0.2) is 0 Å². The van der Waals surface area contributed by atoms with Crippen molar-refractivity contribution in [3.63, 3.8) is 0 Å². The molecule has 2 aliphatic heterocycles. The molecule has 1 unspecified atom stereocenters. The SMILES string of the molecule is O=C(C1CCCN1C(=O)C1CCCC1)N1CCN(c2cc(C3CC3)[nH]n2)CC1. The summed E-state index contributed by atoms with van der Waals surface area (Å²) >= 11 is 0. The molecule has 2 amide bonds. The van der Waals surface area contributed by atoms with Crippen LogP contribution >= 0.6 is 0 Å². The van der Waals surface area contributed by atoms with Crippen LogP contribution in [0, 0.1) is 5.92 Å². The van der Waals surface area contributed by atoms with E-state index in [0.29, 0.717) is 19.0 Å². The molecule has 1 atom stereocenters. The lowest BCUT2D eigenvalue weighted by Crippen LogP contribution is -2.55. The van der Waals surface area contributed by atoms with E-state index in [1.807, 2.05) is 9.80 Å². The Bertz CT molecular complexity index is 729. The van der Waals surface area contributed by atoms with Gasteiger partial charge in [0.05, 0.1) is 0 Å². The lowest BCUT2D eigenvalue weighted by Gasteiger charge is -2.37. The molecule has 4 fully saturated rings. The van der Waals surface area contributed by atoms with Gasteiger partial charge in [0.15, 0.2) is 5.82 Å². The average Bonchev–Trinajstić information content (AvgIpc) is 3.16. The molecule has 2 saturated carbocycles. The fourth-order valence-electron chi connectivity index (χ4n) is 5.15. The number of likely N-dealkylation sites (tertiary alicyclic amines) is 1. The number of hydrogen-bond acceptors (Lipinski definition) is 4. The highest BCUT2D eigenvalue weighted by Gasteiger charge is 2.40. The summed E-state index contributed by atoms with van der Waals surface area (Å²) in [5.74, 6) is 2.23. The molecule has 2 saturated heterocycles. The molecule has 5 rings (SSSR count). The maximum Gasteiger partial charge on any atom is 0.245 e. The van der Waals surface area contributed by atoms with Gasteiger partial charge in [-0.05, 0) is 38.5 Å². The van der Waals surface area contributed by atoms with E-state index >= 15 is 0 Å². The fourth-order valence-corrected chi connectivity index (χ4v) is 5.15. The van der Waals surface area contributed by atoms with E-state index in [-0.39, 0.29) is 23.8 Å². The van der Waals surface area contributed by atoms with Crippen LogP contribution in [0.2, 0.25) is 0 Å².